The molecular formula is C19H16BrClO4S. The lowest BCUT2D eigenvalue weighted by Gasteiger charge is -2.24. The van der Waals surface area contributed by atoms with Gasteiger partial charge in [0.2, 0.25) is 0 Å². The van der Waals surface area contributed by atoms with Gasteiger partial charge in [0.05, 0.1) is 4.90 Å². The Labute approximate surface area is 166 Å². The summed E-state index contributed by atoms with van der Waals surface area (Å²) in [4.78, 5) is 0.252. The molecule has 0 aliphatic carbocycles. The van der Waals surface area contributed by atoms with Gasteiger partial charge in [0.1, 0.15) is 11.9 Å². The first kappa shape index (κ1) is 19.0. The smallest absolute Gasteiger partial charge is 0.175 e. The van der Waals surface area contributed by atoms with Crippen molar-refractivity contribution in [3.05, 3.63) is 75.4 Å². The molecule has 0 amide bonds. The highest BCUT2D eigenvalue weighted by atomic mass is 79.9. The molecule has 2 aromatic rings. The van der Waals surface area contributed by atoms with Gasteiger partial charge in [-0.1, -0.05) is 27.5 Å². The number of benzene rings is 2. The van der Waals surface area contributed by atoms with E-state index in [2.05, 4.69) is 15.9 Å². The maximum Gasteiger partial charge on any atom is 0.175 e. The average molecular weight is 456 g/mol. The van der Waals surface area contributed by atoms with Crippen LogP contribution in [0.3, 0.4) is 0 Å². The molecule has 0 saturated carbocycles. The Bertz CT molecular complexity index is 977. The number of sulfone groups is 1. The van der Waals surface area contributed by atoms with Gasteiger partial charge >= 0.3 is 0 Å². The number of allylic oxidation sites excluding steroid dienone is 1. The molecule has 2 aromatic carbocycles. The summed E-state index contributed by atoms with van der Waals surface area (Å²) in [5.74, 6) is 1.67. The number of rotatable bonds is 4. The first-order valence-corrected chi connectivity index (χ1v) is 10.8. The highest BCUT2D eigenvalue weighted by Gasteiger charge is 2.23. The van der Waals surface area contributed by atoms with Gasteiger partial charge in [-0.2, -0.15) is 0 Å². The van der Waals surface area contributed by atoms with E-state index in [9.17, 15) is 8.42 Å². The van der Waals surface area contributed by atoms with Gasteiger partial charge in [-0.3, -0.25) is 0 Å². The van der Waals surface area contributed by atoms with Crippen LogP contribution >= 0.6 is 27.5 Å². The quantitative estimate of drug-likeness (QED) is 0.637. The van der Waals surface area contributed by atoms with E-state index in [1.54, 1.807) is 48.5 Å². The fraction of sp³-hybridized carbons (Fsp3) is 0.158. The lowest BCUT2D eigenvalue weighted by molar-refractivity contribution is 0.210. The standard InChI is InChI=1S/C19H16BrClO4S/c1-12-17(20)11-18(25-15-7-5-14(21)6-8-15)19(24-12)13-3-9-16(10-4-13)26(2,22)23/h3-12H,1-2H3. The molecule has 1 atom stereocenters. The van der Waals surface area contributed by atoms with Crippen LogP contribution in [0.15, 0.2) is 69.7 Å². The molecule has 0 saturated heterocycles. The highest BCUT2D eigenvalue weighted by Crippen LogP contribution is 2.34. The van der Waals surface area contributed by atoms with Crippen LogP contribution in [0.2, 0.25) is 5.02 Å². The van der Waals surface area contributed by atoms with E-state index in [0.29, 0.717) is 22.3 Å². The van der Waals surface area contributed by atoms with Crippen LogP contribution in [-0.4, -0.2) is 20.8 Å². The molecule has 0 radical (unpaired) electrons. The van der Waals surface area contributed by atoms with Crippen molar-refractivity contribution in [1.82, 2.24) is 0 Å². The molecule has 0 fully saturated rings. The normalized spacial score (nSPS) is 17.5. The van der Waals surface area contributed by atoms with Crippen molar-refractivity contribution in [3.8, 4) is 5.75 Å². The molecule has 0 spiro atoms. The zero-order valence-corrected chi connectivity index (χ0v) is 17.2. The second-order valence-corrected chi connectivity index (χ2v) is 9.20. The monoisotopic (exact) mass is 454 g/mol. The molecular weight excluding hydrogens is 440 g/mol. The Morgan fingerprint density at radius 2 is 1.69 bits per heavy atom. The molecule has 1 aliphatic heterocycles. The van der Waals surface area contributed by atoms with Gasteiger partial charge < -0.3 is 9.47 Å². The summed E-state index contributed by atoms with van der Waals surface area (Å²) in [6.07, 6.45) is 2.84. The predicted molar refractivity (Wildman–Crippen MR) is 106 cm³/mol. The minimum absolute atomic E-state index is 0.183. The van der Waals surface area contributed by atoms with E-state index < -0.39 is 9.84 Å². The molecule has 136 valence electrons. The molecule has 0 aromatic heterocycles. The molecule has 4 nitrogen and oxygen atoms in total. The molecule has 3 rings (SSSR count). The van der Waals surface area contributed by atoms with Gasteiger partial charge in [0.15, 0.2) is 21.4 Å². The maximum atomic E-state index is 11.7. The summed E-state index contributed by atoms with van der Waals surface area (Å²) in [6, 6.07) is 13.5. The van der Waals surface area contributed by atoms with Crippen molar-refractivity contribution in [2.45, 2.75) is 17.9 Å². The summed E-state index contributed by atoms with van der Waals surface area (Å²) in [5.41, 5.74) is 0.726. The first-order valence-electron chi connectivity index (χ1n) is 7.76. The fourth-order valence-electron chi connectivity index (χ4n) is 2.37. The molecule has 1 unspecified atom stereocenters. The summed E-state index contributed by atoms with van der Waals surface area (Å²) in [7, 11) is -3.26. The Balaban J connectivity index is 2.02. The van der Waals surface area contributed by atoms with Crippen LogP contribution in [0.1, 0.15) is 12.5 Å². The van der Waals surface area contributed by atoms with Crippen molar-refractivity contribution >= 4 is 43.1 Å². The van der Waals surface area contributed by atoms with Crippen molar-refractivity contribution in [3.63, 3.8) is 0 Å². The first-order chi connectivity index (χ1) is 12.2. The van der Waals surface area contributed by atoms with Gasteiger partial charge in [0.25, 0.3) is 0 Å². The summed E-state index contributed by atoms with van der Waals surface area (Å²) in [6.45, 7) is 1.91. The second-order valence-electron chi connectivity index (χ2n) is 5.84. The van der Waals surface area contributed by atoms with Crippen LogP contribution in [0.25, 0.3) is 5.76 Å². The fourth-order valence-corrected chi connectivity index (χ4v) is 3.43. The van der Waals surface area contributed by atoms with Crippen LogP contribution < -0.4 is 4.74 Å². The number of ether oxygens (including phenoxy) is 2. The van der Waals surface area contributed by atoms with Crippen molar-refractivity contribution < 1.29 is 17.9 Å². The molecule has 0 bridgehead atoms. The minimum Gasteiger partial charge on any atom is -0.481 e. The van der Waals surface area contributed by atoms with Crippen molar-refractivity contribution in [2.75, 3.05) is 6.26 Å². The summed E-state index contributed by atoms with van der Waals surface area (Å²) in [5, 5.41) is 0.619. The van der Waals surface area contributed by atoms with Crippen LogP contribution in [0.5, 0.6) is 5.75 Å². The maximum absolute atomic E-state index is 11.7. The Morgan fingerprint density at radius 1 is 1.08 bits per heavy atom. The van der Waals surface area contributed by atoms with Gasteiger partial charge in [0, 0.05) is 21.3 Å². The molecule has 1 aliphatic rings. The molecule has 7 heteroatoms. The zero-order chi connectivity index (χ0) is 18.9. The van der Waals surface area contributed by atoms with E-state index in [4.69, 9.17) is 21.1 Å². The Morgan fingerprint density at radius 3 is 2.27 bits per heavy atom. The average Bonchev–Trinajstić information content (AvgIpc) is 2.59. The van der Waals surface area contributed by atoms with Gasteiger partial charge in [-0.25, -0.2) is 8.42 Å². The van der Waals surface area contributed by atoms with E-state index in [1.165, 1.54) is 6.26 Å². The summed E-state index contributed by atoms with van der Waals surface area (Å²) >= 11 is 9.39. The minimum atomic E-state index is -3.26. The van der Waals surface area contributed by atoms with Crippen molar-refractivity contribution in [2.24, 2.45) is 0 Å². The number of hydrogen-bond donors (Lipinski definition) is 0. The largest absolute Gasteiger partial charge is 0.481 e. The zero-order valence-electron chi connectivity index (χ0n) is 14.1. The van der Waals surface area contributed by atoms with Gasteiger partial charge in [-0.05, 0) is 61.5 Å². The highest BCUT2D eigenvalue weighted by molar-refractivity contribution is 9.11. The third-order valence-corrected chi connectivity index (χ3v) is 6.02. The lowest BCUT2D eigenvalue weighted by atomic mass is 10.1. The van der Waals surface area contributed by atoms with Crippen LogP contribution in [-0.2, 0) is 14.6 Å². The molecule has 1 heterocycles. The number of hydrogen-bond acceptors (Lipinski definition) is 4. The molecule has 26 heavy (non-hydrogen) atoms. The van der Waals surface area contributed by atoms with E-state index in [1.807, 2.05) is 13.0 Å². The number of halogens is 2. The van der Waals surface area contributed by atoms with Crippen LogP contribution in [0.4, 0.5) is 0 Å². The SMILES string of the molecule is CC1OC(c2ccc(S(C)(=O)=O)cc2)=C(Oc2ccc(Cl)cc2)C=C1Br. The predicted octanol–water partition coefficient (Wildman–Crippen LogP) is 5.19. The lowest BCUT2D eigenvalue weighted by Crippen LogP contribution is -2.16. The molecule has 0 N–H and O–H groups in total. The van der Waals surface area contributed by atoms with E-state index in [0.717, 1.165) is 10.0 Å². The Hall–Kier alpha value is -1.76. The third-order valence-electron chi connectivity index (χ3n) is 3.76. The third kappa shape index (κ3) is 4.31. The van der Waals surface area contributed by atoms with E-state index >= 15 is 0 Å². The summed E-state index contributed by atoms with van der Waals surface area (Å²) < 4.78 is 36.1. The topological polar surface area (TPSA) is 52.6 Å². The van der Waals surface area contributed by atoms with Gasteiger partial charge in [-0.15, -0.1) is 0 Å². The second kappa shape index (κ2) is 7.47. The van der Waals surface area contributed by atoms with E-state index in [-0.39, 0.29) is 11.0 Å². The van der Waals surface area contributed by atoms with Crippen molar-refractivity contribution in [1.29, 1.82) is 0 Å². The Kier molecular flexibility index (Phi) is 5.46. The van der Waals surface area contributed by atoms with Crippen LogP contribution in [0, 0.1) is 0 Å².